The Balaban J connectivity index is 1.73. The highest BCUT2D eigenvalue weighted by Crippen LogP contribution is 2.32. The molecule has 2 nitrogen and oxygen atoms in total. The third-order valence-electron chi connectivity index (χ3n) is 5.63. The summed E-state index contributed by atoms with van der Waals surface area (Å²) in [4.78, 5) is 13.2. The van der Waals surface area contributed by atoms with E-state index in [0.717, 1.165) is 55.4 Å². The van der Waals surface area contributed by atoms with Gasteiger partial charge in [0.2, 0.25) is 0 Å². The molecule has 2 aromatic rings. The molecular weight excluding hydrogens is 365 g/mol. The maximum Gasteiger partial charge on any atom is 0.416 e. The van der Waals surface area contributed by atoms with Crippen LogP contribution >= 0.6 is 0 Å². The largest absolute Gasteiger partial charge is 0.508 e. The Hall–Kier alpha value is -2.30. The van der Waals surface area contributed by atoms with Gasteiger partial charge in [0.05, 0.1) is 5.56 Å². The molecule has 0 aliphatic heterocycles. The smallest absolute Gasteiger partial charge is 0.416 e. The zero-order valence-electron chi connectivity index (χ0n) is 15.7. The van der Waals surface area contributed by atoms with Crippen molar-refractivity contribution in [2.75, 3.05) is 0 Å². The Morgan fingerprint density at radius 1 is 0.857 bits per heavy atom. The minimum Gasteiger partial charge on any atom is -0.508 e. The number of hydrogen-bond acceptors (Lipinski definition) is 2. The lowest BCUT2D eigenvalue weighted by Gasteiger charge is -2.26. The molecule has 1 N–H and O–H groups in total. The molecule has 0 heterocycles. The maximum absolute atomic E-state index is 13.2. The SMILES string of the molecule is O=C1C(Cc2ccc(C(F)(F)F)cc2)CCCCCC1Cc1ccccc1O. The summed E-state index contributed by atoms with van der Waals surface area (Å²) in [7, 11) is 0. The quantitative estimate of drug-likeness (QED) is 0.699. The number of carbonyl (C=O) groups excluding carboxylic acids is 1. The lowest BCUT2D eigenvalue weighted by molar-refractivity contribution is -0.137. The third-order valence-corrected chi connectivity index (χ3v) is 5.63. The second-order valence-electron chi connectivity index (χ2n) is 7.67. The van der Waals surface area contributed by atoms with Crippen molar-refractivity contribution < 1.29 is 23.1 Å². The summed E-state index contributed by atoms with van der Waals surface area (Å²) in [6.45, 7) is 0. The van der Waals surface area contributed by atoms with Crippen molar-refractivity contribution in [3.63, 3.8) is 0 Å². The van der Waals surface area contributed by atoms with E-state index in [2.05, 4.69) is 0 Å². The molecule has 0 radical (unpaired) electrons. The van der Waals surface area contributed by atoms with Crippen LogP contribution in [0.3, 0.4) is 0 Å². The maximum atomic E-state index is 13.2. The zero-order valence-corrected chi connectivity index (χ0v) is 15.7. The van der Waals surface area contributed by atoms with Gasteiger partial charge in [-0.1, -0.05) is 49.6 Å². The van der Waals surface area contributed by atoms with Gasteiger partial charge >= 0.3 is 6.18 Å². The van der Waals surface area contributed by atoms with Gasteiger partial charge in [-0.2, -0.15) is 13.2 Å². The first-order valence-electron chi connectivity index (χ1n) is 9.81. The van der Waals surface area contributed by atoms with Crippen molar-refractivity contribution in [3.8, 4) is 5.75 Å². The molecule has 1 aliphatic carbocycles. The predicted molar refractivity (Wildman–Crippen MR) is 102 cm³/mol. The van der Waals surface area contributed by atoms with Crippen LogP contribution in [0, 0.1) is 11.8 Å². The van der Waals surface area contributed by atoms with E-state index in [0.29, 0.717) is 12.8 Å². The Labute approximate surface area is 163 Å². The molecular formula is C23H25F3O2. The number of phenols is 1. The van der Waals surface area contributed by atoms with Crippen LogP contribution in [0.1, 0.15) is 48.8 Å². The number of phenolic OH excluding ortho intramolecular Hbond substituents is 1. The lowest BCUT2D eigenvalue weighted by Crippen LogP contribution is -2.28. The summed E-state index contributed by atoms with van der Waals surface area (Å²) in [5, 5.41) is 10.0. The summed E-state index contributed by atoms with van der Waals surface area (Å²) in [5.41, 5.74) is 0.862. The minimum atomic E-state index is -4.35. The highest BCUT2D eigenvalue weighted by atomic mass is 19.4. The van der Waals surface area contributed by atoms with Crippen molar-refractivity contribution in [2.24, 2.45) is 11.8 Å². The number of halogens is 3. The molecule has 1 aliphatic rings. The van der Waals surface area contributed by atoms with Gasteiger partial charge in [0.1, 0.15) is 11.5 Å². The standard InChI is InChI=1S/C23H25F3O2/c24-23(25,26)20-12-10-16(11-13-20)14-18-7-2-1-3-8-19(22(18)28)15-17-6-4-5-9-21(17)27/h4-6,9-13,18-19,27H,1-3,7-8,14-15H2. The van der Waals surface area contributed by atoms with Gasteiger partial charge in [-0.05, 0) is 55.0 Å². The molecule has 0 aromatic heterocycles. The number of Topliss-reactive ketones (excluding diaryl/α,β-unsaturated/α-hetero) is 1. The van der Waals surface area contributed by atoms with Gasteiger partial charge in [-0.15, -0.1) is 0 Å². The van der Waals surface area contributed by atoms with E-state index in [1.807, 2.05) is 12.1 Å². The molecule has 5 heteroatoms. The fourth-order valence-electron chi connectivity index (χ4n) is 4.04. The van der Waals surface area contributed by atoms with Crippen LogP contribution in [0.5, 0.6) is 5.75 Å². The summed E-state index contributed by atoms with van der Waals surface area (Å²) < 4.78 is 38.3. The molecule has 2 atom stereocenters. The number of benzene rings is 2. The molecule has 0 bridgehead atoms. The van der Waals surface area contributed by atoms with E-state index in [1.54, 1.807) is 12.1 Å². The van der Waals surface area contributed by atoms with Crippen LogP contribution < -0.4 is 0 Å². The number of ketones is 1. The van der Waals surface area contributed by atoms with E-state index < -0.39 is 11.7 Å². The predicted octanol–water partition coefficient (Wildman–Crippen LogP) is 5.96. The van der Waals surface area contributed by atoms with Crippen molar-refractivity contribution in [1.29, 1.82) is 0 Å². The van der Waals surface area contributed by atoms with Gasteiger partial charge in [0, 0.05) is 11.8 Å². The van der Waals surface area contributed by atoms with Gasteiger partial charge in [-0.3, -0.25) is 4.79 Å². The fourth-order valence-corrected chi connectivity index (χ4v) is 4.04. The molecule has 0 saturated heterocycles. The first-order chi connectivity index (χ1) is 13.3. The molecule has 2 aromatic carbocycles. The molecule has 2 unspecified atom stereocenters. The van der Waals surface area contributed by atoms with Crippen LogP contribution in [-0.2, 0) is 23.8 Å². The highest BCUT2D eigenvalue weighted by molar-refractivity contribution is 5.84. The Morgan fingerprint density at radius 2 is 1.46 bits per heavy atom. The lowest BCUT2D eigenvalue weighted by atomic mass is 9.78. The Morgan fingerprint density at radius 3 is 2.07 bits per heavy atom. The van der Waals surface area contributed by atoms with Crippen LogP contribution in [0.25, 0.3) is 0 Å². The number of hydrogen-bond donors (Lipinski definition) is 1. The van der Waals surface area contributed by atoms with Crippen molar-refractivity contribution in [3.05, 3.63) is 65.2 Å². The average Bonchev–Trinajstić information content (AvgIpc) is 2.65. The number of para-hydroxylation sites is 1. The van der Waals surface area contributed by atoms with Crippen molar-refractivity contribution in [2.45, 2.75) is 51.1 Å². The molecule has 1 fully saturated rings. The second kappa shape index (κ2) is 8.80. The van der Waals surface area contributed by atoms with E-state index in [-0.39, 0.29) is 23.4 Å². The van der Waals surface area contributed by atoms with Gasteiger partial charge < -0.3 is 5.11 Å². The minimum absolute atomic E-state index is 0.159. The first-order valence-corrected chi connectivity index (χ1v) is 9.81. The highest BCUT2D eigenvalue weighted by Gasteiger charge is 2.31. The topological polar surface area (TPSA) is 37.3 Å². The van der Waals surface area contributed by atoms with Crippen LogP contribution in [0.15, 0.2) is 48.5 Å². The summed E-state index contributed by atoms with van der Waals surface area (Å²) in [6.07, 6.45) is 1.17. The third kappa shape index (κ3) is 5.15. The number of rotatable bonds is 4. The van der Waals surface area contributed by atoms with Crippen molar-refractivity contribution in [1.82, 2.24) is 0 Å². The van der Waals surface area contributed by atoms with E-state index in [4.69, 9.17) is 0 Å². The van der Waals surface area contributed by atoms with Crippen LogP contribution in [0.2, 0.25) is 0 Å². The molecule has 28 heavy (non-hydrogen) atoms. The van der Waals surface area contributed by atoms with Crippen molar-refractivity contribution >= 4 is 5.78 Å². The number of aromatic hydroxyl groups is 1. The van der Waals surface area contributed by atoms with E-state index in [1.165, 1.54) is 12.1 Å². The average molecular weight is 390 g/mol. The second-order valence-corrected chi connectivity index (χ2v) is 7.67. The van der Waals surface area contributed by atoms with Gasteiger partial charge in [-0.25, -0.2) is 0 Å². The first kappa shape index (κ1) is 20.4. The zero-order chi connectivity index (χ0) is 20.1. The Kier molecular flexibility index (Phi) is 6.42. The fraction of sp³-hybridized carbons (Fsp3) is 0.435. The normalized spacial score (nSPS) is 21.2. The Bertz CT molecular complexity index is 796. The van der Waals surface area contributed by atoms with Gasteiger partial charge in [0.15, 0.2) is 0 Å². The summed E-state index contributed by atoms with van der Waals surface area (Å²) in [5.74, 6) is 0.0282. The number of carbonyl (C=O) groups is 1. The molecule has 150 valence electrons. The summed E-state index contributed by atoms with van der Waals surface area (Å²) >= 11 is 0. The molecule has 3 rings (SSSR count). The van der Waals surface area contributed by atoms with Gasteiger partial charge in [0.25, 0.3) is 0 Å². The van der Waals surface area contributed by atoms with E-state index in [9.17, 15) is 23.1 Å². The molecule has 1 saturated carbocycles. The molecule has 0 amide bonds. The summed E-state index contributed by atoms with van der Waals surface area (Å²) in [6, 6.07) is 12.2. The van der Waals surface area contributed by atoms with Crippen LogP contribution in [-0.4, -0.2) is 10.9 Å². The molecule has 0 spiro atoms. The van der Waals surface area contributed by atoms with Crippen LogP contribution in [0.4, 0.5) is 13.2 Å². The number of alkyl halides is 3. The monoisotopic (exact) mass is 390 g/mol. The van der Waals surface area contributed by atoms with E-state index >= 15 is 0 Å².